The highest BCUT2D eigenvalue weighted by Gasteiger charge is 2.31. The van der Waals surface area contributed by atoms with Crippen LogP contribution < -0.4 is 10.6 Å². The first kappa shape index (κ1) is 17.9. The Labute approximate surface area is 150 Å². The fourth-order valence-corrected chi connectivity index (χ4v) is 2.88. The molecule has 0 saturated heterocycles. The van der Waals surface area contributed by atoms with E-state index in [9.17, 15) is 18.0 Å². The highest BCUT2D eigenvalue weighted by molar-refractivity contribution is 7.14. The lowest BCUT2D eigenvalue weighted by Crippen LogP contribution is -2.21. The third-order valence-electron chi connectivity index (χ3n) is 3.24. The van der Waals surface area contributed by atoms with E-state index in [2.05, 4.69) is 20.6 Å². The van der Waals surface area contributed by atoms with Gasteiger partial charge in [0.2, 0.25) is 5.91 Å². The molecule has 1 aromatic carbocycles. The van der Waals surface area contributed by atoms with Gasteiger partial charge in [-0.2, -0.15) is 13.2 Å². The van der Waals surface area contributed by atoms with Crippen molar-refractivity contribution in [2.24, 2.45) is 0 Å². The molecule has 134 valence electrons. The van der Waals surface area contributed by atoms with Gasteiger partial charge >= 0.3 is 6.18 Å². The van der Waals surface area contributed by atoms with Gasteiger partial charge in [0.05, 0.1) is 17.6 Å². The van der Waals surface area contributed by atoms with Crippen molar-refractivity contribution in [3.8, 4) is 11.3 Å². The summed E-state index contributed by atoms with van der Waals surface area (Å²) in [7, 11) is 0. The minimum atomic E-state index is -4.53. The van der Waals surface area contributed by atoms with Crippen LogP contribution in [0.1, 0.15) is 6.42 Å². The molecule has 2 N–H and O–H groups in total. The number of rotatable bonds is 5. The number of thiazole rings is 1. The molecule has 0 spiro atoms. The molecule has 2 aromatic heterocycles. The fraction of sp³-hybridized carbons (Fsp3) is 0.118. The van der Waals surface area contributed by atoms with Crippen LogP contribution in [-0.2, 0) is 4.79 Å². The highest BCUT2D eigenvalue weighted by Crippen LogP contribution is 2.28. The Bertz CT molecular complexity index is 879. The summed E-state index contributed by atoms with van der Waals surface area (Å²) in [4.78, 5) is 19.8. The molecule has 3 aromatic rings. The first-order chi connectivity index (χ1) is 12.4. The second-order valence-corrected chi connectivity index (χ2v) is 6.18. The van der Waals surface area contributed by atoms with Gasteiger partial charge in [0, 0.05) is 22.8 Å². The maximum absolute atomic E-state index is 12.2. The second-order valence-electron chi connectivity index (χ2n) is 5.32. The van der Waals surface area contributed by atoms with Gasteiger partial charge in [-0.3, -0.25) is 9.78 Å². The average Bonchev–Trinajstić information content (AvgIpc) is 3.03. The molecule has 9 heteroatoms. The Morgan fingerprint density at radius 3 is 2.54 bits per heavy atom. The standard InChI is InChI=1S/C17H13F3N4OS/c18-17(19,20)8-15(25)22-12-5-3-11(4-6-12)14-10-26-16(24-14)23-13-2-1-7-21-9-13/h1-7,9-10H,8H2,(H,22,25)(H,23,24). The number of pyridine rings is 1. The van der Waals surface area contributed by atoms with E-state index in [1.165, 1.54) is 23.5 Å². The molecule has 0 aliphatic carbocycles. The monoisotopic (exact) mass is 378 g/mol. The van der Waals surface area contributed by atoms with Gasteiger partial charge in [-0.25, -0.2) is 4.98 Å². The summed E-state index contributed by atoms with van der Waals surface area (Å²) in [6.07, 6.45) is -2.68. The highest BCUT2D eigenvalue weighted by atomic mass is 32.1. The Morgan fingerprint density at radius 1 is 1.12 bits per heavy atom. The Balaban J connectivity index is 1.65. The number of aromatic nitrogens is 2. The van der Waals surface area contributed by atoms with E-state index >= 15 is 0 Å². The molecule has 0 aliphatic rings. The number of benzene rings is 1. The first-order valence-electron chi connectivity index (χ1n) is 7.49. The van der Waals surface area contributed by atoms with Gasteiger partial charge in [-0.1, -0.05) is 12.1 Å². The van der Waals surface area contributed by atoms with E-state index in [0.717, 1.165) is 16.9 Å². The topological polar surface area (TPSA) is 66.9 Å². The maximum atomic E-state index is 12.2. The molecule has 0 bridgehead atoms. The smallest absolute Gasteiger partial charge is 0.330 e. The van der Waals surface area contributed by atoms with Crippen LogP contribution in [0.5, 0.6) is 0 Å². The number of alkyl halides is 3. The van der Waals surface area contributed by atoms with Crippen LogP contribution in [0.3, 0.4) is 0 Å². The number of anilines is 3. The molecule has 0 saturated carbocycles. The van der Waals surface area contributed by atoms with Crippen molar-refractivity contribution >= 4 is 33.8 Å². The summed E-state index contributed by atoms with van der Waals surface area (Å²) < 4.78 is 36.5. The van der Waals surface area contributed by atoms with E-state index < -0.39 is 18.5 Å². The maximum Gasteiger partial charge on any atom is 0.397 e. The van der Waals surface area contributed by atoms with Gasteiger partial charge in [0.1, 0.15) is 6.42 Å². The van der Waals surface area contributed by atoms with Crippen LogP contribution in [0.25, 0.3) is 11.3 Å². The molecule has 2 heterocycles. The molecular weight excluding hydrogens is 365 g/mol. The number of nitrogens with one attached hydrogen (secondary N) is 2. The molecule has 0 radical (unpaired) electrons. The van der Waals surface area contributed by atoms with Gasteiger partial charge < -0.3 is 10.6 Å². The summed E-state index contributed by atoms with van der Waals surface area (Å²) in [5, 5.41) is 7.90. The molecular formula is C17H13F3N4OS. The summed E-state index contributed by atoms with van der Waals surface area (Å²) in [6, 6.07) is 10.1. The zero-order valence-corrected chi connectivity index (χ0v) is 14.1. The van der Waals surface area contributed by atoms with Crippen LogP contribution in [0.2, 0.25) is 0 Å². The van der Waals surface area contributed by atoms with Crippen molar-refractivity contribution in [3.63, 3.8) is 0 Å². The van der Waals surface area contributed by atoms with Crippen molar-refractivity contribution in [2.45, 2.75) is 12.6 Å². The number of hydrogen-bond donors (Lipinski definition) is 2. The predicted octanol–water partition coefficient (Wildman–Crippen LogP) is 4.84. The van der Waals surface area contributed by atoms with E-state index in [0.29, 0.717) is 10.8 Å². The number of hydrogen-bond acceptors (Lipinski definition) is 5. The molecule has 0 aliphatic heterocycles. The second kappa shape index (κ2) is 7.52. The summed E-state index contributed by atoms with van der Waals surface area (Å²) in [6.45, 7) is 0. The van der Waals surface area contributed by atoms with Gasteiger partial charge in [-0.05, 0) is 24.3 Å². The zero-order chi connectivity index (χ0) is 18.6. The van der Waals surface area contributed by atoms with Crippen LogP contribution in [0.15, 0.2) is 54.2 Å². The number of carbonyl (C=O) groups is 1. The third kappa shape index (κ3) is 5.03. The number of carbonyl (C=O) groups excluding carboxylic acids is 1. The third-order valence-corrected chi connectivity index (χ3v) is 4.00. The van der Waals surface area contributed by atoms with E-state index in [4.69, 9.17) is 0 Å². The Kier molecular flexibility index (Phi) is 5.17. The van der Waals surface area contributed by atoms with Crippen LogP contribution in [-0.4, -0.2) is 22.1 Å². The Hall–Kier alpha value is -2.94. The van der Waals surface area contributed by atoms with Crippen molar-refractivity contribution < 1.29 is 18.0 Å². The molecule has 1 amide bonds. The minimum absolute atomic E-state index is 0.298. The van der Waals surface area contributed by atoms with Crippen molar-refractivity contribution in [2.75, 3.05) is 10.6 Å². The number of halogens is 3. The van der Waals surface area contributed by atoms with Crippen molar-refractivity contribution in [3.05, 3.63) is 54.2 Å². The predicted molar refractivity (Wildman–Crippen MR) is 94.4 cm³/mol. The molecule has 0 unspecified atom stereocenters. The van der Waals surface area contributed by atoms with Gasteiger partial charge in [-0.15, -0.1) is 11.3 Å². The van der Waals surface area contributed by atoms with E-state index in [1.54, 1.807) is 24.5 Å². The Morgan fingerprint density at radius 2 is 1.88 bits per heavy atom. The molecule has 3 rings (SSSR count). The average molecular weight is 378 g/mol. The summed E-state index contributed by atoms with van der Waals surface area (Å²) in [5.41, 5.74) is 2.62. The number of nitrogens with zero attached hydrogens (tertiary/aromatic N) is 2. The lowest BCUT2D eigenvalue weighted by atomic mass is 10.1. The summed E-state index contributed by atoms with van der Waals surface area (Å²) in [5.74, 6) is -1.10. The largest absolute Gasteiger partial charge is 0.397 e. The van der Waals surface area contributed by atoms with Crippen molar-refractivity contribution in [1.82, 2.24) is 9.97 Å². The number of amides is 1. The van der Waals surface area contributed by atoms with Gasteiger partial charge in [0.25, 0.3) is 0 Å². The fourth-order valence-electron chi connectivity index (χ4n) is 2.14. The minimum Gasteiger partial charge on any atom is -0.330 e. The lowest BCUT2D eigenvalue weighted by Gasteiger charge is -2.08. The SMILES string of the molecule is O=C(CC(F)(F)F)Nc1ccc(-c2csc(Nc3cccnc3)n2)cc1. The summed E-state index contributed by atoms with van der Waals surface area (Å²) >= 11 is 1.42. The molecule has 0 atom stereocenters. The lowest BCUT2D eigenvalue weighted by molar-refractivity contribution is -0.150. The van der Waals surface area contributed by atoms with Crippen molar-refractivity contribution in [1.29, 1.82) is 0 Å². The van der Waals surface area contributed by atoms with E-state index in [1.807, 2.05) is 17.5 Å². The normalized spacial score (nSPS) is 11.2. The molecule has 26 heavy (non-hydrogen) atoms. The van der Waals surface area contributed by atoms with Crippen LogP contribution >= 0.6 is 11.3 Å². The zero-order valence-electron chi connectivity index (χ0n) is 13.2. The van der Waals surface area contributed by atoms with Crippen LogP contribution in [0, 0.1) is 0 Å². The molecule has 5 nitrogen and oxygen atoms in total. The van der Waals surface area contributed by atoms with E-state index in [-0.39, 0.29) is 0 Å². The quantitative estimate of drug-likeness (QED) is 0.667. The van der Waals surface area contributed by atoms with Crippen LogP contribution in [0.4, 0.5) is 29.7 Å². The molecule has 0 fully saturated rings. The van der Waals surface area contributed by atoms with Gasteiger partial charge in [0.15, 0.2) is 5.13 Å². The first-order valence-corrected chi connectivity index (χ1v) is 8.37.